The van der Waals surface area contributed by atoms with Crippen molar-refractivity contribution in [1.82, 2.24) is 10.6 Å². The summed E-state index contributed by atoms with van der Waals surface area (Å²) in [4.78, 5) is 4.45. The Bertz CT molecular complexity index is 472. The van der Waals surface area contributed by atoms with E-state index in [1.54, 1.807) is 0 Å². The van der Waals surface area contributed by atoms with Gasteiger partial charge >= 0.3 is 0 Å². The molecule has 20 heavy (non-hydrogen) atoms. The molecule has 2 N–H and O–H groups in total. The number of hydrogen-bond acceptors (Lipinski definition) is 3. The Labute approximate surface area is 138 Å². The highest BCUT2D eigenvalue weighted by molar-refractivity contribution is 14.0. The lowest BCUT2D eigenvalue weighted by Gasteiger charge is -2.14. The maximum atomic E-state index is 11.4. The Morgan fingerprint density at radius 3 is 2.55 bits per heavy atom. The molecule has 0 aromatic rings. The number of sulfone groups is 1. The second-order valence-corrected chi connectivity index (χ2v) is 7.92. The van der Waals surface area contributed by atoms with Crippen LogP contribution >= 0.6 is 24.0 Å². The summed E-state index contributed by atoms with van der Waals surface area (Å²) in [5.74, 6) is 1.63. The van der Waals surface area contributed by atoms with E-state index in [0.29, 0.717) is 30.6 Å². The average Bonchev–Trinajstić information content (AvgIpc) is 3.06. The van der Waals surface area contributed by atoms with E-state index >= 15 is 0 Å². The van der Waals surface area contributed by atoms with Gasteiger partial charge in [-0.3, -0.25) is 0 Å². The smallest absolute Gasteiger partial charge is 0.191 e. The van der Waals surface area contributed by atoms with Crippen molar-refractivity contribution in [3.05, 3.63) is 12.2 Å². The van der Waals surface area contributed by atoms with Gasteiger partial charge in [-0.1, -0.05) is 12.2 Å². The molecule has 2 rings (SSSR count). The first-order valence-corrected chi connectivity index (χ1v) is 8.66. The van der Waals surface area contributed by atoms with Gasteiger partial charge in [-0.05, 0) is 32.1 Å². The lowest BCUT2D eigenvalue weighted by atomic mass is 10.1. The molecule has 0 radical (unpaired) electrons. The summed E-state index contributed by atoms with van der Waals surface area (Å²) in [6.07, 6.45) is 3.13. The van der Waals surface area contributed by atoms with Gasteiger partial charge in [0.15, 0.2) is 15.8 Å². The van der Waals surface area contributed by atoms with Crippen molar-refractivity contribution in [2.24, 2.45) is 10.9 Å². The zero-order valence-corrected chi connectivity index (χ0v) is 15.0. The minimum absolute atomic E-state index is 0. The molecule has 2 aliphatic rings. The molecule has 1 saturated heterocycles. The molecule has 1 heterocycles. The van der Waals surface area contributed by atoms with Gasteiger partial charge in [0.05, 0.1) is 18.1 Å². The first-order valence-electron chi connectivity index (χ1n) is 6.84. The van der Waals surface area contributed by atoms with Gasteiger partial charge in [0.1, 0.15) is 0 Å². The maximum absolute atomic E-state index is 11.4. The van der Waals surface area contributed by atoms with E-state index in [1.165, 1.54) is 12.8 Å². The predicted molar refractivity (Wildman–Crippen MR) is 93.5 cm³/mol. The van der Waals surface area contributed by atoms with Crippen molar-refractivity contribution >= 4 is 39.8 Å². The van der Waals surface area contributed by atoms with Crippen LogP contribution in [0.2, 0.25) is 0 Å². The van der Waals surface area contributed by atoms with E-state index in [-0.39, 0.29) is 29.9 Å². The van der Waals surface area contributed by atoms with E-state index in [1.807, 2.05) is 6.92 Å². The Kier molecular flexibility index (Phi) is 6.77. The molecule has 1 aliphatic carbocycles. The Morgan fingerprint density at radius 1 is 1.35 bits per heavy atom. The minimum Gasteiger partial charge on any atom is -0.356 e. The number of rotatable bonds is 5. The molecular formula is C13H24IN3O2S. The second kappa shape index (κ2) is 7.63. The molecule has 7 heteroatoms. The average molecular weight is 413 g/mol. The topological polar surface area (TPSA) is 70.6 Å². The van der Waals surface area contributed by atoms with E-state index in [9.17, 15) is 8.42 Å². The molecule has 1 aliphatic heterocycles. The third kappa shape index (κ3) is 6.43. The summed E-state index contributed by atoms with van der Waals surface area (Å²) < 4.78 is 22.8. The molecule has 0 spiro atoms. The van der Waals surface area contributed by atoms with Crippen LogP contribution in [0.4, 0.5) is 0 Å². The standard InChI is InChI=1S/C13H23N3O2S.HI/c1-10(2)7-14-13(16-12-3-4-12)15-8-11-5-6-19(17,18)9-11;/h11-12H,1,3-9H2,2H3,(H2,14,15,16);1H. The number of aliphatic imine (C=N–C) groups is 1. The number of guanidine groups is 1. The van der Waals surface area contributed by atoms with Crippen molar-refractivity contribution in [2.45, 2.75) is 32.2 Å². The van der Waals surface area contributed by atoms with Crippen LogP contribution in [0.25, 0.3) is 0 Å². The van der Waals surface area contributed by atoms with Crippen molar-refractivity contribution < 1.29 is 8.42 Å². The highest BCUT2D eigenvalue weighted by atomic mass is 127. The Morgan fingerprint density at radius 2 is 2.05 bits per heavy atom. The zero-order chi connectivity index (χ0) is 13.9. The van der Waals surface area contributed by atoms with Crippen LogP contribution in [0.1, 0.15) is 26.2 Å². The largest absolute Gasteiger partial charge is 0.356 e. The molecule has 1 saturated carbocycles. The van der Waals surface area contributed by atoms with Crippen LogP contribution in [-0.2, 0) is 9.84 Å². The van der Waals surface area contributed by atoms with E-state index in [4.69, 9.17) is 0 Å². The number of halogens is 1. The first-order chi connectivity index (χ1) is 8.94. The van der Waals surface area contributed by atoms with Crippen LogP contribution in [0.3, 0.4) is 0 Å². The van der Waals surface area contributed by atoms with Gasteiger partial charge in [-0.15, -0.1) is 24.0 Å². The summed E-state index contributed by atoms with van der Waals surface area (Å²) in [6.45, 7) is 7.06. The maximum Gasteiger partial charge on any atom is 0.191 e. The summed E-state index contributed by atoms with van der Waals surface area (Å²) in [7, 11) is -2.79. The first kappa shape index (κ1) is 17.7. The van der Waals surface area contributed by atoms with Gasteiger partial charge in [0.2, 0.25) is 0 Å². The molecule has 116 valence electrons. The SMILES string of the molecule is C=C(C)CN=C(NCC1CCS(=O)(=O)C1)NC1CC1.I. The fourth-order valence-corrected chi connectivity index (χ4v) is 3.92. The predicted octanol–water partition coefficient (Wildman–Crippen LogP) is 1.31. The quantitative estimate of drug-likeness (QED) is 0.309. The van der Waals surface area contributed by atoms with E-state index in [2.05, 4.69) is 22.2 Å². The second-order valence-electron chi connectivity index (χ2n) is 5.69. The van der Waals surface area contributed by atoms with Gasteiger partial charge in [-0.2, -0.15) is 0 Å². The summed E-state index contributed by atoms with van der Waals surface area (Å²) in [6, 6.07) is 0.531. The zero-order valence-electron chi connectivity index (χ0n) is 11.9. The Hall–Kier alpha value is -0.310. The van der Waals surface area contributed by atoms with Gasteiger partial charge < -0.3 is 10.6 Å². The highest BCUT2D eigenvalue weighted by Gasteiger charge is 2.28. The monoisotopic (exact) mass is 413 g/mol. The molecular weight excluding hydrogens is 389 g/mol. The fourth-order valence-electron chi connectivity index (χ4n) is 2.06. The van der Waals surface area contributed by atoms with Crippen LogP contribution in [0.15, 0.2) is 17.1 Å². The lowest BCUT2D eigenvalue weighted by Crippen LogP contribution is -2.41. The van der Waals surface area contributed by atoms with Gasteiger partial charge in [0.25, 0.3) is 0 Å². The fraction of sp³-hybridized carbons (Fsp3) is 0.769. The van der Waals surface area contributed by atoms with Crippen LogP contribution in [-0.4, -0.2) is 45.0 Å². The molecule has 0 bridgehead atoms. The number of nitrogens with one attached hydrogen (secondary N) is 2. The third-order valence-electron chi connectivity index (χ3n) is 3.31. The lowest BCUT2D eigenvalue weighted by molar-refractivity contribution is 0.566. The minimum atomic E-state index is -2.79. The summed E-state index contributed by atoms with van der Waals surface area (Å²) in [5.41, 5.74) is 1.01. The van der Waals surface area contributed by atoms with Crippen molar-refractivity contribution in [3.63, 3.8) is 0 Å². The van der Waals surface area contributed by atoms with Crippen LogP contribution in [0, 0.1) is 5.92 Å². The normalized spacial score (nSPS) is 24.9. The van der Waals surface area contributed by atoms with Gasteiger partial charge in [0, 0.05) is 12.6 Å². The summed E-state index contributed by atoms with van der Waals surface area (Å²) in [5, 5.41) is 6.60. The van der Waals surface area contributed by atoms with Gasteiger partial charge in [-0.25, -0.2) is 13.4 Å². The highest BCUT2D eigenvalue weighted by Crippen LogP contribution is 2.19. The third-order valence-corrected chi connectivity index (χ3v) is 5.15. The molecule has 0 aromatic carbocycles. The van der Waals surface area contributed by atoms with Crippen molar-refractivity contribution in [2.75, 3.05) is 24.6 Å². The van der Waals surface area contributed by atoms with Crippen molar-refractivity contribution in [3.8, 4) is 0 Å². The molecule has 5 nitrogen and oxygen atoms in total. The molecule has 1 atom stereocenters. The Balaban J connectivity index is 0.00000200. The molecule has 0 aromatic heterocycles. The molecule has 2 fully saturated rings. The van der Waals surface area contributed by atoms with Crippen molar-refractivity contribution in [1.29, 1.82) is 0 Å². The number of nitrogens with zero attached hydrogens (tertiary/aromatic N) is 1. The van der Waals surface area contributed by atoms with Crippen LogP contribution in [0.5, 0.6) is 0 Å². The number of hydrogen-bond donors (Lipinski definition) is 2. The summed E-state index contributed by atoms with van der Waals surface area (Å²) >= 11 is 0. The molecule has 1 unspecified atom stereocenters. The molecule has 0 amide bonds. The van der Waals surface area contributed by atoms with E-state index in [0.717, 1.165) is 18.0 Å². The van der Waals surface area contributed by atoms with E-state index < -0.39 is 9.84 Å². The van der Waals surface area contributed by atoms with Crippen LogP contribution < -0.4 is 10.6 Å².